The Morgan fingerprint density at radius 2 is 2.21 bits per heavy atom. The summed E-state index contributed by atoms with van der Waals surface area (Å²) in [7, 11) is 0. The van der Waals surface area contributed by atoms with Crippen LogP contribution < -0.4 is 0 Å². The molecule has 2 aliphatic carbocycles. The van der Waals surface area contributed by atoms with Crippen molar-refractivity contribution in [1.29, 1.82) is 0 Å². The molecule has 0 bridgehead atoms. The van der Waals surface area contributed by atoms with Gasteiger partial charge < -0.3 is 14.2 Å². The van der Waals surface area contributed by atoms with Gasteiger partial charge in [-0.25, -0.2) is 0 Å². The van der Waals surface area contributed by atoms with Gasteiger partial charge in [0.15, 0.2) is 0 Å². The van der Waals surface area contributed by atoms with Crippen molar-refractivity contribution in [2.24, 2.45) is 5.92 Å². The van der Waals surface area contributed by atoms with Gasteiger partial charge in [0, 0.05) is 37.2 Å². The maximum Gasteiger partial charge on any atom is 0.281 e. The zero-order valence-electron chi connectivity index (χ0n) is 14.1. The Morgan fingerprint density at radius 1 is 1.42 bits per heavy atom. The maximum absolute atomic E-state index is 12.6. The number of hydrogen-bond acceptors (Lipinski definition) is 4. The number of carbonyl (C=O) groups is 2. The van der Waals surface area contributed by atoms with Crippen molar-refractivity contribution in [2.45, 2.75) is 51.1 Å². The zero-order valence-corrected chi connectivity index (χ0v) is 14.9. The van der Waals surface area contributed by atoms with Crippen molar-refractivity contribution in [2.75, 3.05) is 18.8 Å². The molecule has 2 saturated carbocycles. The number of carbonyl (C=O) groups excluding carboxylic acids is 2. The van der Waals surface area contributed by atoms with E-state index in [-0.39, 0.29) is 11.1 Å². The fraction of sp³-hybridized carbons (Fsp3) is 0.667. The fourth-order valence-corrected chi connectivity index (χ4v) is 4.23. The summed E-state index contributed by atoms with van der Waals surface area (Å²) >= 11 is 1.35. The van der Waals surface area contributed by atoms with Gasteiger partial charge in [-0.1, -0.05) is 18.7 Å². The third-order valence-corrected chi connectivity index (χ3v) is 6.12. The van der Waals surface area contributed by atoms with E-state index in [2.05, 4.69) is 13.0 Å². The summed E-state index contributed by atoms with van der Waals surface area (Å²) in [6, 6.07) is 4.44. The zero-order chi connectivity index (χ0) is 16.7. The summed E-state index contributed by atoms with van der Waals surface area (Å²) in [4.78, 5) is 28.0. The van der Waals surface area contributed by atoms with E-state index in [9.17, 15) is 9.59 Å². The molecule has 1 saturated heterocycles. The molecule has 2 unspecified atom stereocenters. The Kier molecular flexibility index (Phi) is 4.33. The molecule has 1 aromatic rings. The third kappa shape index (κ3) is 3.48. The Bertz CT molecular complexity index is 640. The number of amides is 2. The molecular weight excluding hydrogens is 324 g/mol. The Balaban J connectivity index is 1.34. The number of nitrogens with zero attached hydrogens (tertiary/aromatic N) is 2. The molecule has 1 aliphatic heterocycles. The van der Waals surface area contributed by atoms with Crippen LogP contribution in [0, 0.1) is 5.92 Å². The van der Waals surface area contributed by atoms with E-state index in [1.807, 2.05) is 11.0 Å². The van der Waals surface area contributed by atoms with Crippen LogP contribution in [0.5, 0.6) is 0 Å². The highest BCUT2D eigenvalue weighted by Crippen LogP contribution is 2.47. The predicted molar refractivity (Wildman–Crippen MR) is 92.8 cm³/mol. The Hall–Kier alpha value is -1.43. The molecule has 3 aliphatic rings. The first-order valence-corrected chi connectivity index (χ1v) is 9.90. The molecule has 2 atom stereocenters. The summed E-state index contributed by atoms with van der Waals surface area (Å²) in [5.41, 5.74) is 0. The molecule has 2 heterocycles. The Morgan fingerprint density at radius 3 is 2.83 bits per heavy atom. The highest BCUT2D eigenvalue weighted by molar-refractivity contribution is 8.13. The quantitative estimate of drug-likeness (QED) is 0.757. The molecule has 0 spiro atoms. The summed E-state index contributed by atoms with van der Waals surface area (Å²) in [5.74, 6) is 4.23. The monoisotopic (exact) mass is 348 g/mol. The molecular formula is C18H24N2O3S. The average molecular weight is 348 g/mol. The van der Waals surface area contributed by atoms with Crippen LogP contribution >= 0.6 is 11.8 Å². The minimum Gasteiger partial charge on any atom is -0.464 e. The average Bonchev–Trinajstić information content (AvgIpc) is 3.45. The lowest BCUT2D eigenvalue weighted by molar-refractivity contribution is -0.132. The third-order valence-electron chi connectivity index (χ3n) is 5.23. The van der Waals surface area contributed by atoms with Crippen LogP contribution in [0.2, 0.25) is 0 Å². The summed E-state index contributed by atoms with van der Waals surface area (Å²) in [5, 5.41) is 0.106. The minimum absolute atomic E-state index is 0.106. The summed E-state index contributed by atoms with van der Waals surface area (Å²) in [6.07, 6.45) is 3.78. The highest BCUT2D eigenvalue weighted by Gasteiger charge is 2.37. The highest BCUT2D eigenvalue weighted by atomic mass is 32.2. The summed E-state index contributed by atoms with van der Waals surface area (Å²) < 4.78 is 5.97. The van der Waals surface area contributed by atoms with Crippen LogP contribution in [0.15, 0.2) is 16.5 Å². The first kappa shape index (κ1) is 16.1. The standard InChI is InChI=1S/C18H24N2O3S/c1-12-10-15(12)16-5-4-14(23-16)11-20(13-2-3-13)17(21)6-7-19-8-9-24-18(19)22/h4-5,12-13,15H,2-3,6-11H2,1H3. The van der Waals surface area contributed by atoms with Crippen LogP contribution in [0.1, 0.15) is 50.0 Å². The molecule has 1 aromatic heterocycles. The fourth-order valence-electron chi connectivity index (χ4n) is 3.38. The topological polar surface area (TPSA) is 53.8 Å². The van der Waals surface area contributed by atoms with E-state index >= 15 is 0 Å². The molecule has 0 radical (unpaired) electrons. The van der Waals surface area contributed by atoms with Crippen molar-refractivity contribution in [3.05, 3.63) is 23.7 Å². The van der Waals surface area contributed by atoms with E-state index in [0.29, 0.717) is 31.5 Å². The second-order valence-electron chi connectivity index (χ2n) is 7.23. The van der Waals surface area contributed by atoms with E-state index in [1.54, 1.807) is 4.90 Å². The predicted octanol–water partition coefficient (Wildman–Crippen LogP) is 3.45. The van der Waals surface area contributed by atoms with Crippen LogP contribution in [0.3, 0.4) is 0 Å². The smallest absolute Gasteiger partial charge is 0.281 e. The molecule has 3 fully saturated rings. The lowest BCUT2D eigenvalue weighted by Gasteiger charge is -2.23. The minimum atomic E-state index is 0.106. The number of thioether (sulfide) groups is 1. The molecule has 24 heavy (non-hydrogen) atoms. The van der Waals surface area contributed by atoms with Gasteiger partial charge >= 0.3 is 0 Å². The van der Waals surface area contributed by atoms with Crippen molar-refractivity contribution >= 4 is 22.9 Å². The largest absolute Gasteiger partial charge is 0.464 e. The van der Waals surface area contributed by atoms with Crippen LogP contribution in [0.4, 0.5) is 4.79 Å². The van der Waals surface area contributed by atoms with Crippen LogP contribution in [-0.2, 0) is 11.3 Å². The molecule has 5 nitrogen and oxygen atoms in total. The van der Waals surface area contributed by atoms with E-state index < -0.39 is 0 Å². The van der Waals surface area contributed by atoms with E-state index in [4.69, 9.17) is 4.42 Å². The van der Waals surface area contributed by atoms with Gasteiger partial charge in [-0.15, -0.1) is 0 Å². The lowest BCUT2D eigenvalue weighted by atomic mass is 10.2. The maximum atomic E-state index is 12.6. The van der Waals surface area contributed by atoms with E-state index in [1.165, 1.54) is 18.2 Å². The van der Waals surface area contributed by atoms with Crippen LogP contribution in [-0.4, -0.2) is 45.8 Å². The molecule has 6 heteroatoms. The first-order chi connectivity index (χ1) is 11.6. The van der Waals surface area contributed by atoms with Gasteiger partial charge in [-0.3, -0.25) is 9.59 Å². The van der Waals surface area contributed by atoms with Crippen molar-refractivity contribution in [3.63, 3.8) is 0 Å². The molecule has 4 rings (SSSR count). The number of hydrogen-bond donors (Lipinski definition) is 0. The second-order valence-corrected chi connectivity index (χ2v) is 8.27. The van der Waals surface area contributed by atoms with Gasteiger partial charge in [0.1, 0.15) is 11.5 Å². The molecule has 0 N–H and O–H groups in total. The number of rotatable bonds is 7. The Labute approximate surface area is 146 Å². The van der Waals surface area contributed by atoms with Gasteiger partial charge in [0.25, 0.3) is 5.24 Å². The number of furan rings is 1. The molecule has 130 valence electrons. The summed E-state index contributed by atoms with van der Waals surface area (Å²) in [6.45, 7) is 4.11. The van der Waals surface area contributed by atoms with Crippen molar-refractivity contribution in [3.8, 4) is 0 Å². The van der Waals surface area contributed by atoms with Gasteiger partial charge in [-0.05, 0) is 37.3 Å². The van der Waals surface area contributed by atoms with E-state index in [0.717, 1.165) is 42.6 Å². The van der Waals surface area contributed by atoms with Gasteiger partial charge in [0.2, 0.25) is 5.91 Å². The molecule has 2 amide bonds. The first-order valence-electron chi connectivity index (χ1n) is 8.91. The van der Waals surface area contributed by atoms with Crippen molar-refractivity contribution in [1.82, 2.24) is 9.80 Å². The van der Waals surface area contributed by atoms with Crippen LogP contribution in [0.25, 0.3) is 0 Å². The van der Waals surface area contributed by atoms with Gasteiger partial charge in [0.05, 0.1) is 6.54 Å². The van der Waals surface area contributed by atoms with Gasteiger partial charge in [-0.2, -0.15) is 0 Å². The lowest BCUT2D eigenvalue weighted by Crippen LogP contribution is -2.35. The molecule has 0 aromatic carbocycles. The SMILES string of the molecule is CC1CC1c1ccc(CN(C(=O)CCN2CCSC2=O)C2CC2)o1. The second kappa shape index (κ2) is 6.47. The normalized spacial score (nSPS) is 26.0. The van der Waals surface area contributed by atoms with Crippen molar-refractivity contribution < 1.29 is 14.0 Å².